The lowest BCUT2D eigenvalue weighted by molar-refractivity contribution is 0.375. The van der Waals surface area contributed by atoms with E-state index in [-0.39, 0.29) is 0 Å². The van der Waals surface area contributed by atoms with Gasteiger partial charge in [-0.25, -0.2) is 0 Å². The molecule has 2 rings (SSSR count). The van der Waals surface area contributed by atoms with Crippen molar-refractivity contribution in [3.8, 4) is 17.2 Å². The van der Waals surface area contributed by atoms with Crippen molar-refractivity contribution in [3.63, 3.8) is 0 Å². The van der Waals surface area contributed by atoms with Gasteiger partial charge < -0.3 is 14.2 Å². The summed E-state index contributed by atoms with van der Waals surface area (Å²) < 4.78 is 15.1. The lowest BCUT2D eigenvalue weighted by Gasteiger charge is -2.06. The van der Waals surface area contributed by atoms with E-state index in [0.29, 0.717) is 0 Å². The van der Waals surface area contributed by atoms with E-state index in [1.54, 1.807) is 39.5 Å². The Bertz CT molecular complexity index is 540. The standard InChI is InChI=1S/C10H14.C9H12O3/c1-7-5-8(2)10(4)9(3)6-7;1-10-7-4-8(11-2)6-9(5-7)12-3/h5-6H,1-4H3;4-6H,1-3H3. The second-order valence-electron chi connectivity index (χ2n) is 5.28. The number of aryl methyl sites for hydroxylation is 3. The molecule has 0 aliphatic carbocycles. The first-order chi connectivity index (χ1) is 10.4. The summed E-state index contributed by atoms with van der Waals surface area (Å²) in [4.78, 5) is 0. The fourth-order valence-electron chi connectivity index (χ4n) is 2.15. The SMILES string of the molecule is COc1cc(OC)cc(OC)c1.Cc1cc(C)c(C)c(C)c1. The first kappa shape index (κ1) is 17.9. The van der Waals surface area contributed by atoms with Crippen LogP contribution in [0.4, 0.5) is 0 Å². The van der Waals surface area contributed by atoms with Crippen LogP contribution in [-0.2, 0) is 0 Å². The minimum atomic E-state index is 0.728. The Kier molecular flexibility index (Phi) is 6.77. The second kappa shape index (κ2) is 8.32. The molecule has 0 spiro atoms. The van der Waals surface area contributed by atoms with E-state index in [9.17, 15) is 0 Å². The van der Waals surface area contributed by atoms with E-state index in [1.807, 2.05) is 0 Å². The summed E-state index contributed by atoms with van der Waals surface area (Å²) in [5.74, 6) is 2.18. The largest absolute Gasteiger partial charge is 0.496 e. The van der Waals surface area contributed by atoms with Gasteiger partial charge in [0.25, 0.3) is 0 Å². The van der Waals surface area contributed by atoms with Gasteiger partial charge in [0.2, 0.25) is 0 Å². The van der Waals surface area contributed by atoms with Crippen molar-refractivity contribution in [3.05, 3.63) is 52.6 Å². The number of methoxy groups -OCH3 is 3. The highest BCUT2D eigenvalue weighted by Gasteiger charge is 2.00. The Morgan fingerprint density at radius 3 is 1.14 bits per heavy atom. The fraction of sp³-hybridized carbons (Fsp3) is 0.368. The second-order valence-corrected chi connectivity index (χ2v) is 5.28. The van der Waals surface area contributed by atoms with Gasteiger partial charge in [-0.1, -0.05) is 17.7 Å². The highest BCUT2D eigenvalue weighted by Crippen LogP contribution is 2.26. The summed E-state index contributed by atoms with van der Waals surface area (Å²) in [6, 6.07) is 9.83. The molecular weight excluding hydrogens is 276 g/mol. The molecule has 2 aromatic rings. The van der Waals surface area contributed by atoms with Crippen molar-refractivity contribution in [1.82, 2.24) is 0 Å². The maximum absolute atomic E-state index is 5.04. The molecule has 0 aliphatic rings. The van der Waals surface area contributed by atoms with Crippen LogP contribution >= 0.6 is 0 Å². The molecule has 0 unspecified atom stereocenters. The molecule has 0 N–H and O–H groups in total. The number of hydrogen-bond acceptors (Lipinski definition) is 3. The summed E-state index contributed by atoms with van der Waals surface area (Å²) in [6.07, 6.45) is 0. The Hall–Kier alpha value is -2.16. The van der Waals surface area contributed by atoms with Crippen molar-refractivity contribution >= 4 is 0 Å². The summed E-state index contributed by atoms with van der Waals surface area (Å²) >= 11 is 0. The first-order valence-corrected chi connectivity index (χ1v) is 7.22. The third-order valence-electron chi connectivity index (χ3n) is 3.63. The van der Waals surface area contributed by atoms with Crippen LogP contribution < -0.4 is 14.2 Å². The average molecular weight is 302 g/mol. The Balaban J connectivity index is 0.000000224. The number of ether oxygens (including phenoxy) is 3. The summed E-state index contributed by atoms with van der Waals surface area (Å²) in [5.41, 5.74) is 5.58. The van der Waals surface area contributed by atoms with Crippen LogP contribution in [0.5, 0.6) is 17.2 Å². The average Bonchev–Trinajstić information content (AvgIpc) is 2.52. The topological polar surface area (TPSA) is 27.7 Å². The molecule has 22 heavy (non-hydrogen) atoms. The van der Waals surface area contributed by atoms with Crippen molar-refractivity contribution in [2.24, 2.45) is 0 Å². The lowest BCUT2D eigenvalue weighted by Crippen LogP contribution is -1.89. The van der Waals surface area contributed by atoms with Gasteiger partial charge in [0.05, 0.1) is 21.3 Å². The zero-order valence-corrected chi connectivity index (χ0v) is 14.6. The molecule has 0 saturated heterocycles. The molecule has 0 radical (unpaired) electrons. The third kappa shape index (κ3) is 4.99. The molecular formula is C19H26O3. The molecule has 0 heterocycles. The van der Waals surface area contributed by atoms with Crippen LogP contribution in [0, 0.1) is 27.7 Å². The zero-order chi connectivity index (χ0) is 16.7. The van der Waals surface area contributed by atoms with Gasteiger partial charge in [0.1, 0.15) is 17.2 Å². The van der Waals surface area contributed by atoms with Crippen molar-refractivity contribution < 1.29 is 14.2 Å². The van der Waals surface area contributed by atoms with Crippen LogP contribution in [0.3, 0.4) is 0 Å². The lowest BCUT2D eigenvalue weighted by atomic mass is 10.0. The summed E-state index contributed by atoms with van der Waals surface area (Å²) in [7, 11) is 4.82. The molecule has 0 fully saturated rings. The van der Waals surface area contributed by atoms with E-state index in [4.69, 9.17) is 14.2 Å². The molecule has 2 aromatic carbocycles. The molecule has 120 valence electrons. The van der Waals surface area contributed by atoms with Crippen LogP contribution in [0.25, 0.3) is 0 Å². The molecule has 0 atom stereocenters. The van der Waals surface area contributed by atoms with E-state index in [0.717, 1.165) is 17.2 Å². The maximum Gasteiger partial charge on any atom is 0.126 e. The van der Waals surface area contributed by atoms with Gasteiger partial charge in [0, 0.05) is 18.2 Å². The van der Waals surface area contributed by atoms with Crippen LogP contribution in [0.2, 0.25) is 0 Å². The minimum absolute atomic E-state index is 0.728. The predicted molar refractivity (Wildman–Crippen MR) is 91.5 cm³/mol. The molecule has 3 nitrogen and oxygen atoms in total. The summed E-state index contributed by atoms with van der Waals surface area (Å²) in [6.45, 7) is 8.63. The monoisotopic (exact) mass is 302 g/mol. The predicted octanol–water partition coefficient (Wildman–Crippen LogP) is 4.63. The van der Waals surface area contributed by atoms with E-state index in [1.165, 1.54) is 22.3 Å². The smallest absolute Gasteiger partial charge is 0.126 e. The Labute approximate surface area is 133 Å². The maximum atomic E-state index is 5.04. The van der Waals surface area contributed by atoms with E-state index < -0.39 is 0 Å². The minimum Gasteiger partial charge on any atom is -0.496 e. The Morgan fingerprint density at radius 1 is 0.545 bits per heavy atom. The van der Waals surface area contributed by atoms with Crippen molar-refractivity contribution in [2.45, 2.75) is 27.7 Å². The number of rotatable bonds is 3. The van der Waals surface area contributed by atoms with Gasteiger partial charge in [-0.05, 0) is 44.4 Å². The first-order valence-electron chi connectivity index (χ1n) is 7.22. The number of benzene rings is 2. The molecule has 0 aromatic heterocycles. The molecule has 3 heteroatoms. The van der Waals surface area contributed by atoms with Gasteiger partial charge in [-0.15, -0.1) is 0 Å². The number of hydrogen-bond donors (Lipinski definition) is 0. The van der Waals surface area contributed by atoms with E-state index >= 15 is 0 Å². The van der Waals surface area contributed by atoms with Gasteiger partial charge in [-0.3, -0.25) is 0 Å². The summed E-state index contributed by atoms with van der Waals surface area (Å²) in [5, 5.41) is 0. The zero-order valence-electron chi connectivity index (χ0n) is 14.6. The quantitative estimate of drug-likeness (QED) is 0.827. The van der Waals surface area contributed by atoms with Gasteiger partial charge >= 0.3 is 0 Å². The Morgan fingerprint density at radius 2 is 0.864 bits per heavy atom. The van der Waals surface area contributed by atoms with Crippen molar-refractivity contribution in [2.75, 3.05) is 21.3 Å². The van der Waals surface area contributed by atoms with E-state index in [2.05, 4.69) is 39.8 Å². The fourth-order valence-corrected chi connectivity index (χ4v) is 2.15. The van der Waals surface area contributed by atoms with Crippen LogP contribution in [0.15, 0.2) is 30.3 Å². The van der Waals surface area contributed by atoms with Gasteiger partial charge in [-0.2, -0.15) is 0 Å². The van der Waals surface area contributed by atoms with Crippen molar-refractivity contribution in [1.29, 1.82) is 0 Å². The molecule has 0 saturated carbocycles. The molecule has 0 bridgehead atoms. The van der Waals surface area contributed by atoms with Crippen LogP contribution in [0.1, 0.15) is 22.3 Å². The molecule has 0 amide bonds. The highest BCUT2D eigenvalue weighted by molar-refractivity contribution is 5.41. The van der Waals surface area contributed by atoms with Gasteiger partial charge in [0.15, 0.2) is 0 Å². The third-order valence-corrected chi connectivity index (χ3v) is 3.63. The molecule has 0 aliphatic heterocycles. The normalized spacial score (nSPS) is 9.59. The van der Waals surface area contributed by atoms with Crippen LogP contribution in [-0.4, -0.2) is 21.3 Å². The highest BCUT2D eigenvalue weighted by atomic mass is 16.5.